The van der Waals surface area contributed by atoms with Gasteiger partial charge >= 0.3 is 0 Å². The van der Waals surface area contributed by atoms with E-state index < -0.39 is 10.0 Å². The van der Waals surface area contributed by atoms with E-state index in [1.54, 1.807) is 17.0 Å². The number of hydrogen-bond acceptors (Lipinski definition) is 3. The van der Waals surface area contributed by atoms with Crippen molar-refractivity contribution in [1.82, 2.24) is 4.72 Å². The highest BCUT2D eigenvalue weighted by Gasteiger charge is 2.31. The number of fused-ring (bicyclic) bond motifs is 1. The van der Waals surface area contributed by atoms with Crippen LogP contribution in [-0.4, -0.2) is 26.4 Å². The summed E-state index contributed by atoms with van der Waals surface area (Å²) in [6, 6.07) is 14.0. The first-order valence-corrected chi connectivity index (χ1v) is 10.4. The van der Waals surface area contributed by atoms with Crippen LogP contribution in [0.5, 0.6) is 0 Å². The van der Waals surface area contributed by atoms with E-state index in [1.807, 2.05) is 45.0 Å². The monoisotopic (exact) mass is 372 g/mol. The third-order valence-electron chi connectivity index (χ3n) is 4.79. The van der Waals surface area contributed by atoms with Gasteiger partial charge in [-0.15, -0.1) is 0 Å². The molecule has 2 atom stereocenters. The van der Waals surface area contributed by atoms with Crippen molar-refractivity contribution in [2.75, 3.05) is 4.90 Å². The maximum absolute atomic E-state index is 13.1. The van der Waals surface area contributed by atoms with E-state index in [1.165, 1.54) is 12.1 Å². The second kappa shape index (κ2) is 7.21. The molecule has 2 aromatic carbocycles. The van der Waals surface area contributed by atoms with E-state index in [-0.39, 0.29) is 22.9 Å². The molecular weight excluding hydrogens is 348 g/mol. The van der Waals surface area contributed by atoms with Crippen LogP contribution in [0.15, 0.2) is 53.4 Å². The summed E-state index contributed by atoms with van der Waals surface area (Å²) in [6.45, 7) is 5.73. The lowest BCUT2D eigenvalue weighted by atomic mass is 10.1. The Balaban J connectivity index is 1.93. The summed E-state index contributed by atoms with van der Waals surface area (Å²) in [7, 11) is -3.65. The Labute approximate surface area is 155 Å². The molecule has 26 heavy (non-hydrogen) atoms. The fourth-order valence-corrected chi connectivity index (χ4v) is 4.60. The average Bonchev–Trinajstić information content (AvgIpc) is 2.96. The standard InChI is InChI=1S/C20H24N2O3S/c1-4-14(2)21-26(24,25)18-10-7-9-17(13-18)20(23)22-15(3)12-16-8-5-6-11-19(16)22/h5-11,13-15,21H,4,12H2,1-3H3. The van der Waals surface area contributed by atoms with Crippen LogP contribution in [0.4, 0.5) is 5.69 Å². The zero-order chi connectivity index (χ0) is 18.9. The first-order valence-electron chi connectivity index (χ1n) is 8.87. The lowest BCUT2D eigenvalue weighted by molar-refractivity contribution is 0.0981. The summed E-state index contributed by atoms with van der Waals surface area (Å²) in [4.78, 5) is 15.0. The normalized spacial score (nSPS) is 17.8. The number of benzene rings is 2. The molecule has 2 aromatic rings. The maximum Gasteiger partial charge on any atom is 0.258 e. The van der Waals surface area contributed by atoms with Crippen molar-refractivity contribution in [3.63, 3.8) is 0 Å². The van der Waals surface area contributed by atoms with Gasteiger partial charge in [-0.25, -0.2) is 13.1 Å². The number of sulfonamides is 1. The fourth-order valence-electron chi connectivity index (χ4n) is 3.23. The minimum absolute atomic E-state index is 0.0402. The van der Waals surface area contributed by atoms with E-state index in [0.717, 1.165) is 17.7 Å². The molecule has 1 N–H and O–H groups in total. The smallest absolute Gasteiger partial charge is 0.258 e. The zero-order valence-electron chi connectivity index (χ0n) is 15.3. The minimum atomic E-state index is -3.65. The van der Waals surface area contributed by atoms with Gasteiger partial charge in [0, 0.05) is 23.3 Å². The summed E-state index contributed by atoms with van der Waals surface area (Å²) in [5.41, 5.74) is 2.41. The molecule has 6 heteroatoms. The average molecular weight is 372 g/mol. The Hall–Kier alpha value is -2.18. The van der Waals surface area contributed by atoms with Gasteiger partial charge in [0.1, 0.15) is 0 Å². The summed E-state index contributed by atoms with van der Waals surface area (Å²) in [5, 5.41) is 0. The first kappa shape index (κ1) is 18.6. The van der Waals surface area contributed by atoms with Crippen LogP contribution < -0.4 is 9.62 Å². The zero-order valence-corrected chi connectivity index (χ0v) is 16.1. The van der Waals surface area contributed by atoms with Crippen LogP contribution in [0.25, 0.3) is 0 Å². The number of nitrogens with zero attached hydrogens (tertiary/aromatic N) is 1. The summed E-state index contributed by atoms with van der Waals surface area (Å²) >= 11 is 0. The van der Waals surface area contributed by atoms with Crippen molar-refractivity contribution in [2.45, 2.75) is 50.6 Å². The van der Waals surface area contributed by atoms with E-state index in [4.69, 9.17) is 0 Å². The van der Waals surface area contributed by atoms with Crippen LogP contribution >= 0.6 is 0 Å². The van der Waals surface area contributed by atoms with Gasteiger partial charge in [-0.2, -0.15) is 0 Å². The molecule has 5 nitrogen and oxygen atoms in total. The third kappa shape index (κ3) is 3.52. The molecule has 0 saturated carbocycles. The van der Waals surface area contributed by atoms with Crippen molar-refractivity contribution in [1.29, 1.82) is 0 Å². The summed E-state index contributed by atoms with van der Waals surface area (Å²) in [5.74, 6) is -0.178. The number of anilines is 1. The minimum Gasteiger partial charge on any atom is -0.305 e. The third-order valence-corrected chi connectivity index (χ3v) is 6.37. The number of hydrogen-bond donors (Lipinski definition) is 1. The molecule has 1 amide bonds. The molecule has 0 aliphatic carbocycles. The first-order chi connectivity index (χ1) is 12.3. The molecule has 0 radical (unpaired) electrons. The van der Waals surface area contributed by atoms with Crippen LogP contribution in [0.2, 0.25) is 0 Å². The molecule has 2 unspecified atom stereocenters. The predicted octanol–water partition coefficient (Wildman–Crippen LogP) is 3.35. The van der Waals surface area contributed by atoms with E-state index in [2.05, 4.69) is 4.72 Å². The lowest BCUT2D eigenvalue weighted by Crippen LogP contribution is -2.36. The van der Waals surface area contributed by atoms with Gasteiger partial charge in [0.15, 0.2) is 0 Å². The maximum atomic E-state index is 13.1. The number of amides is 1. The molecule has 0 fully saturated rings. The van der Waals surface area contributed by atoms with Crippen molar-refractivity contribution in [3.05, 3.63) is 59.7 Å². The van der Waals surface area contributed by atoms with Crippen molar-refractivity contribution < 1.29 is 13.2 Å². The Morgan fingerprint density at radius 3 is 2.69 bits per heavy atom. The Morgan fingerprint density at radius 2 is 1.96 bits per heavy atom. The van der Waals surface area contributed by atoms with E-state index in [0.29, 0.717) is 12.0 Å². The number of para-hydroxylation sites is 1. The predicted molar refractivity (Wildman–Crippen MR) is 103 cm³/mol. The summed E-state index contributed by atoms with van der Waals surface area (Å²) in [6.07, 6.45) is 1.50. The van der Waals surface area contributed by atoms with Gasteiger partial charge in [0.25, 0.3) is 5.91 Å². The molecule has 138 valence electrons. The highest BCUT2D eigenvalue weighted by atomic mass is 32.2. The number of nitrogens with one attached hydrogen (secondary N) is 1. The molecule has 1 aliphatic rings. The molecule has 1 aliphatic heterocycles. The van der Waals surface area contributed by atoms with Crippen LogP contribution in [-0.2, 0) is 16.4 Å². The molecule has 0 spiro atoms. The molecule has 0 aromatic heterocycles. The Morgan fingerprint density at radius 1 is 1.23 bits per heavy atom. The Kier molecular flexibility index (Phi) is 5.16. The van der Waals surface area contributed by atoms with Crippen LogP contribution in [0, 0.1) is 0 Å². The van der Waals surface area contributed by atoms with Gasteiger partial charge in [0.2, 0.25) is 10.0 Å². The molecule has 0 bridgehead atoms. The van der Waals surface area contributed by atoms with Crippen molar-refractivity contribution in [2.24, 2.45) is 0 Å². The summed E-state index contributed by atoms with van der Waals surface area (Å²) < 4.78 is 27.7. The van der Waals surface area contributed by atoms with E-state index in [9.17, 15) is 13.2 Å². The van der Waals surface area contributed by atoms with Crippen LogP contribution in [0.3, 0.4) is 0 Å². The Bertz CT molecular complexity index is 924. The highest BCUT2D eigenvalue weighted by molar-refractivity contribution is 7.89. The molecule has 3 rings (SSSR count). The van der Waals surface area contributed by atoms with Gasteiger partial charge in [-0.1, -0.05) is 31.2 Å². The van der Waals surface area contributed by atoms with Gasteiger partial charge < -0.3 is 4.90 Å². The largest absolute Gasteiger partial charge is 0.305 e. The second-order valence-corrected chi connectivity index (χ2v) is 8.53. The molecule has 0 saturated heterocycles. The fraction of sp³-hybridized carbons (Fsp3) is 0.350. The lowest BCUT2D eigenvalue weighted by Gasteiger charge is -2.23. The van der Waals surface area contributed by atoms with Crippen molar-refractivity contribution in [3.8, 4) is 0 Å². The quantitative estimate of drug-likeness (QED) is 0.875. The number of rotatable bonds is 5. The molecular formula is C20H24N2O3S. The van der Waals surface area contributed by atoms with E-state index >= 15 is 0 Å². The number of carbonyl (C=O) groups excluding carboxylic acids is 1. The van der Waals surface area contributed by atoms with Gasteiger partial charge in [-0.05, 0) is 56.5 Å². The number of carbonyl (C=O) groups is 1. The highest BCUT2D eigenvalue weighted by Crippen LogP contribution is 2.33. The second-order valence-electron chi connectivity index (χ2n) is 6.82. The van der Waals surface area contributed by atoms with Gasteiger partial charge in [0.05, 0.1) is 4.90 Å². The topological polar surface area (TPSA) is 66.5 Å². The van der Waals surface area contributed by atoms with Crippen LogP contribution in [0.1, 0.15) is 43.1 Å². The van der Waals surface area contributed by atoms with Gasteiger partial charge in [-0.3, -0.25) is 4.79 Å². The molecule has 1 heterocycles. The SMILES string of the molecule is CCC(C)NS(=O)(=O)c1cccc(C(=O)N2c3ccccc3CC2C)c1. The van der Waals surface area contributed by atoms with Crippen molar-refractivity contribution >= 4 is 21.6 Å².